The number of fused-ring (bicyclic) bond motifs is 7. The number of rotatable bonds is 1. The predicted molar refractivity (Wildman–Crippen MR) is 91.9 cm³/mol. The smallest absolute Gasteiger partial charge is 0.159 e. The number of carbonyl (C=O) groups excluding carboxylic acids is 1. The summed E-state index contributed by atoms with van der Waals surface area (Å²) in [5.41, 5.74) is 2.04. The summed E-state index contributed by atoms with van der Waals surface area (Å²) in [5.74, 6) is 2.17. The van der Waals surface area contributed by atoms with E-state index in [0.717, 1.165) is 16.9 Å². The summed E-state index contributed by atoms with van der Waals surface area (Å²) in [4.78, 5) is 11.9. The highest BCUT2D eigenvalue weighted by molar-refractivity contribution is 5.90. The fourth-order valence-electron chi connectivity index (χ4n) is 2.68. The highest BCUT2D eigenvalue weighted by Crippen LogP contribution is 2.28. The summed E-state index contributed by atoms with van der Waals surface area (Å²) in [7, 11) is 1.61. The number of aryl methyl sites for hydroxylation is 2. The lowest BCUT2D eigenvalue weighted by Crippen LogP contribution is -1.99. The third kappa shape index (κ3) is 4.16. The third-order valence-electron chi connectivity index (χ3n) is 3.99. The summed E-state index contributed by atoms with van der Waals surface area (Å²) in [5, 5.41) is 9.97. The van der Waals surface area contributed by atoms with Crippen molar-refractivity contribution < 1.29 is 19.4 Å². The maximum Gasteiger partial charge on any atom is 0.159 e. The highest BCUT2D eigenvalue weighted by atomic mass is 16.5. The molecule has 0 amide bonds. The Balaban J connectivity index is 1.97. The molecular weight excluding hydrogens is 304 g/mol. The lowest BCUT2D eigenvalue weighted by atomic mass is 10.1. The topological polar surface area (TPSA) is 55.8 Å². The number of carbonyl (C=O) groups is 1. The van der Waals surface area contributed by atoms with Crippen LogP contribution in [-0.4, -0.2) is 18.0 Å². The molecule has 2 aromatic rings. The average Bonchev–Trinajstić information content (AvgIpc) is 2.59. The molecule has 0 aromatic heterocycles. The van der Waals surface area contributed by atoms with Crippen LogP contribution in [-0.2, 0) is 17.6 Å². The van der Waals surface area contributed by atoms with Gasteiger partial charge in [0, 0.05) is 25.0 Å². The minimum absolute atomic E-state index is 0.0611. The van der Waals surface area contributed by atoms with Gasteiger partial charge >= 0.3 is 0 Å². The standard InChI is InChI=1S/C20H20O4/c1-23-19-10-15-3-7-17(22)12-16(21)6-2-14-4-8-18(9-5-14)24-20(11-15)13-19/h4-5,8-13,22H,2-3,6-7H2,1H3/b17-12+. The van der Waals surface area contributed by atoms with E-state index in [0.29, 0.717) is 37.2 Å². The number of ether oxygens (including phenoxy) is 2. The maximum absolute atomic E-state index is 11.9. The van der Waals surface area contributed by atoms with Crippen molar-refractivity contribution in [2.45, 2.75) is 25.7 Å². The Morgan fingerprint density at radius 1 is 0.917 bits per heavy atom. The normalized spacial score (nSPS) is 17.2. The first-order chi connectivity index (χ1) is 11.6. The second-order valence-electron chi connectivity index (χ2n) is 5.86. The molecule has 4 rings (SSSR count). The van der Waals surface area contributed by atoms with Crippen molar-refractivity contribution in [1.29, 1.82) is 0 Å². The van der Waals surface area contributed by atoms with E-state index in [2.05, 4.69) is 0 Å². The van der Waals surface area contributed by atoms with E-state index >= 15 is 0 Å². The Labute approximate surface area is 141 Å². The zero-order valence-corrected chi connectivity index (χ0v) is 13.6. The van der Waals surface area contributed by atoms with Gasteiger partial charge in [0.05, 0.1) is 12.9 Å². The van der Waals surface area contributed by atoms with Gasteiger partial charge in [0.1, 0.15) is 17.2 Å². The van der Waals surface area contributed by atoms with E-state index in [-0.39, 0.29) is 11.5 Å². The summed E-state index contributed by atoms with van der Waals surface area (Å²) in [6, 6.07) is 13.3. The van der Waals surface area contributed by atoms with Gasteiger partial charge < -0.3 is 14.6 Å². The molecule has 4 bridgehead atoms. The number of aliphatic hydroxyl groups excluding tert-OH is 1. The van der Waals surface area contributed by atoms with Crippen LogP contribution < -0.4 is 9.47 Å². The largest absolute Gasteiger partial charge is 0.512 e. The van der Waals surface area contributed by atoms with E-state index in [1.807, 2.05) is 42.5 Å². The van der Waals surface area contributed by atoms with Crippen LogP contribution in [0, 0.1) is 0 Å². The number of allylic oxidation sites excluding steroid dienone is 2. The lowest BCUT2D eigenvalue weighted by Gasteiger charge is -2.11. The molecule has 0 spiro atoms. The Hall–Kier alpha value is -2.75. The zero-order chi connectivity index (χ0) is 16.9. The molecule has 0 fully saturated rings. The van der Waals surface area contributed by atoms with Crippen LogP contribution in [0.4, 0.5) is 0 Å². The molecule has 2 aromatic carbocycles. The van der Waals surface area contributed by atoms with Crippen LogP contribution in [0.25, 0.3) is 0 Å². The van der Waals surface area contributed by atoms with Crippen LogP contribution in [0.15, 0.2) is 54.3 Å². The van der Waals surface area contributed by atoms with Gasteiger partial charge in [-0.2, -0.15) is 0 Å². The minimum atomic E-state index is -0.0611. The molecule has 0 atom stereocenters. The number of benzene rings is 2. The zero-order valence-electron chi connectivity index (χ0n) is 13.6. The molecule has 124 valence electrons. The van der Waals surface area contributed by atoms with Gasteiger partial charge in [-0.05, 0) is 48.2 Å². The van der Waals surface area contributed by atoms with Gasteiger partial charge in [0.2, 0.25) is 0 Å². The number of ketones is 1. The summed E-state index contributed by atoms with van der Waals surface area (Å²) >= 11 is 0. The minimum Gasteiger partial charge on any atom is -0.512 e. The Bertz CT molecular complexity index is 760. The van der Waals surface area contributed by atoms with Gasteiger partial charge in [0.15, 0.2) is 5.78 Å². The van der Waals surface area contributed by atoms with Gasteiger partial charge in [-0.1, -0.05) is 12.1 Å². The average molecular weight is 324 g/mol. The van der Waals surface area contributed by atoms with Crippen molar-refractivity contribution in [2.24, 2.45) is 0 Å². The Kier molecular flexibility index (Phi) is 4.85. The maximum atomic E-state index is 11.9. The molecule has 0 radical (unpaired) electrons. The first kappa shape index (κ1) is 16.1. The molecule has 0 aliphatic carbocycles. The molecule has 24 heavy (non-hydrogen) atoms. The van der Waals surface area contributed by atoms with E-state index < -0.39 is 0 Å². The van der Waals surface area contributed by atoms with Crippen molar-refractivity contribution in [3.63, 3.8) is 0 Å². The van der Waals surface area contributed by atoms with Crippen molar-refractivity contribution in [3.8, 4) is 17.2 Å². The summed E-state index contributed by atoms with van der Waals surface area (Å²) < 4.78 is 11.2. The molecule has 0 unspecified atom stereocenters. The third-order valence-corrected chi connectivity index (χ3v) is 3.99. The quantitative estimate of drug-likeness (QED) is 0.846. The van der Waals surface area contributed by atoms with Crippen molar-refractivity contribution >= 4 is 5.78 Å². The fourth-order valence-corrected chi connectivity index (χ4v) is 2.68. The number of methoxy groups -OCH3 is 1. The first-order valence-corrected chi connectivity index (χ1v) is 7.99. The monoisotopic (exact) mass is 324 g/mol. The second-order valence-corrected chi connectivity index (χ2v) is 5.86. The van der Waals surface area contributed by atoms with Crippen molar-refractivity contribution in [3.05, 3.63) is 65.4 Å². The van der Waals surface area contributed by atoms with Gasteiger partial charge in [-0.3, -0.25) is 4.79 Å². The molecular formula is C20H20O4. The lowest BCUT2D eigenvalue weighted by molar-refractivity contribution is -0.114. The van der Waals surface area contributed by atoms with Gasteiger partial charge in [-0.15, -0.1) is 0 Å². The molecule has 4 heteroatoms. The molecule has 2 aliphatic heterocycles. The van der Waals surface area contributed by atoms with Crippen LogP contribution >= 0.6 is 0 Å². The van der Waals surface area contributed by atoms with Crippen LogP contribution in [0.2, 0.25) is 0 Å². The van der Waals surface area contributed by atoms with Crippen molar-refractivity contribution in [2.75, 3.05) is 7.11 Å². The molecule has 2 aliphatic rings. The predicted octanol–water partition coefficient (Wildman–Crippen LogP) is 4.38. The molecule has 0 saturated carbocycles. The molecule has 1 N–H and O–H groups in total. The van der Waals surface area contributed by atoms with Crippen LogP contribution in [0.3, 0.4) is 0 Å². The number of hydrogen-bond donors (Lipinski definition) is 1. The number of hydrogen-bond acceptors (Lipinski definition) is 4. The molecule has 2 heterocycles. The van der Waals surface area contributed by atoms with Gasteiger partial charge in [0.25, 0.3) is 0 Å². The first-order valence-electron chi connectivity index (χ1n) is 7.99. The van der Waals surface area contributed by atoms with E-state index in [1.54, 1.807) is 7.11 Å². The van der Waals surface area contributed by atoms with Crippen LogP contribution in [0.1, 0.15) is 24.0 Å². The van der Waals surface area contributed by atoms with E-state index in [1.165, 1.54) is 6.08 Å². The van der Waals surface area contributed by atoms with E-state index in [9.17, 15) is 9.90 Å². The fraction of sp³-hybridized carbons (Fsp3) is 0.250. The van der Waals surface area contributed by atoms with Gasteiger partial charge in [-0.25, -0.2) is 0 Å². The van der Waals surface area contributed by atoms with Crippen molar-refractivity contribution in [1.82, 2.24) is 0 Å². The van der Waals surface area contributed by atoms with E-state index in [4.69, 9.17) is 9.47 Å². The summed E-state index contributed by atoms with van der Waals surface area (Å²) in [6.45, 7) is 0. The molecule has 0 saturated heterocycles. The summed E-state index contributed by atoms with van der Waals surface area (Å²) in [6.07, 6.45) is 3.37. The molecule has 4 nitrogen and oxygen atoms in total. The SMILES string of the molecule is COc1cc2cc(c1)Oc1ccc(cc1)CCC(=O)/C=C(/O)CC2. The number of aliphatic hydroxyl groups is 1. The Morgan fingerprint density at radius 3 is 2.42 bits per heavy atom. The van der Waals surface area contributed by atoms with Crippen LogP contribution in [0.5, 0.6) is 17.2 Å². The second kappa shape index (κ2) is 7.21. The Morgan fingerprint density at radius 2 is 1.67 bits per heavy atom. The highest BCUT2D eigenvalue weighted by Gasteiger charge is 2.08.